The van der Waals surface area contributed by atoms with Crippen LogP contribution < -0.4 is 0 Å². The SMILES string of the molecule is CCN(CCC(=O)O)S(=O)(=O)c1ccsc1C(F)(F)F. The van der Waals surface area contributed by atoms with Crippen molar-refractivity contribution >= 4 is 27.3 Å². The van der Waals surface area contributed by atoms with Crippen molar-refractivity contribution in [2.75, 3.05) is 13.1 Å². The van der Waals surface area contributed by atoms with Crippen molar-refractivity contribution in [1.29, 1.82) is 0 Å². The second-order valence-corrected chi connectivity index (χ2v) is 6.57. The molecule has 0 spiro atoms. The highest BCUT2D eigenvalue weighted by Crippen LogP contribution is 2.39. The van der Waals surface area contributed by atoms with Gasteiger partial charge in [-0.05, 0) is 11.4 Å². The fourth-order valence-corrected chi connectivity index (χ4v) is 4.26. The molecule has 1 aromatic heterocycles. The number of hydrogen-bond acceptors (Lipinski definition) is 4. The topological polar surface area (TPSA) is 74.7 Å². The maximum absolute atomic E-state index is 12.7. The van der Waals surface area contributed by atoms with Gasteiger partial charge in [-0.3, -0.25) is 4.79 Å². The lowest BCUT2D eigenvalue weighted by Gasteiger charge is -2.20. The van der Waals surface area contributed by atoms with E-state index in [2.05, 4.69) is 0 Å². The van der Waals surface area contributed by atoms with Crippen LogP contribution in [0.4, 0.5) is 13.2 Å². The Hall–Kier alpha value is -1.13. The van der Waals surface area contributed by atoms with Gasteiger partial charge in [0, 0.05) is 13.1 Å². The van der Waals surface area contributed by atoms with Gasteiger partial charge >= 0.3 is 12.1 Å². The molecule has 0 atom stereocenters. The number of alkyl halides is 3. The zero-order chi connectivity index (χ0) is 15.6. The minimum absolute atomic E-state index is 0.108. The van der Waals surface area contributed by atoms with Gasteiger partial charge in [0.05, 0.1) is 6.42 Å². The van der Waals surface area contributed by atoms with E-state index in [1.54, 1.807) is 0 Å². The van der Waals surface area contributed by atoms with Crippen LogP contribution in [-0.4, -0.2) is 36.9 Å². The summed E-state index contributed by atoms with van der Waals surface area (Å²) in [7, 11) is -4.36. The molecule has 0 aliphatic rings. The molecule has 10 heteroatoms. The smallest absolute Gasteiger partial charge is 0.426 e. The summed E-state index contributed by atoms with van der Waals surface area (Å²) in [5, 5.41) is 9.58. The van der Waals surface area contributed by atoms with Crippen LogP contribution in [0.1, 0.15) is 18.2 Å². The van der Waals surface area contributed by atoms with Gasteiger partial charge < -0.3 is 5.11 Å². The van der Waals surface area contributed by atoms with E-state index in [9.17, 15) is 26.4 Å². The van der Waals surface area contributed by atoms with Crippen LogP contribution in [0.15, 0.2) is 16.3 Å². The Balaban J connectivity index is 3.15. The summed E-state index contributed by atoms with van der Waals surface area (Å²) >= 11 is 0.288. The largest absolute Gasteiger partial charge is 0.481 e. The van der Waals surface area contributed by atoms with E-state index in [0.717, 1.165) is 15.8 Å². The van der Waals surface area contributed by atoms with Crippen molar-refractivity contribution in [2.45, 2.75) is 24.4 Å². The zero-order valence-electron chi connectivity index (χ0n) is 10.3. The lowest BCUT2D eigenvalue weighted by atomic mass is 10.4. The third-order valence-corrected chi connectivity index (χ3v) is 5.54. The van der Waals surface area contributed by atoms with Crippen LogP contribution in [0.3, 0.4) is 0 Å². The molecule has 114 valence electrons. The van der Waals surface area contributed by atoms with E-state index in [4.69, 9.17) is 5.11 Å². The normalized spacial score (nSPS) is 12.8. The van der Waals surface area contributed by atoms with E-state index in [1.807, 2.05) is 0 Å². The van der Waals surface area contributed by atoms with Gasteiger partial charge in [0.1, 0.15) is 9.77 Å². The lowest BCUT2D eigenvalue weighted by Crippen LogP contribution is -2.33. The first kappa shape index (κ1) is 16.9. The third kappa shape index (κ3) is 3.70. The molecule has 20 heavy (non-hydrogen) atoms. The van der Waals surface area contributed by atoms with Crippen LogP contribution in [0.5, 0.6) is 0 Å². The minimum atomic E-state index is -4.76. The zero-order valence-corrected chi connectivity index (χ0v) is 12.0. The molecule has 1 N–H and O–H groups in total. The van der Waals surface area contributed by atoms with E-state index >= 15 is 0 Å². The van der Waals surface area contributed by atoms with Gasteiger partial charge in [-0.15, -0.1) is 11.3 Å². The number of carboxylic acid groups (broad SMARTS) is 1. The Morgan fingerprint density at radius 3 is 2.50 bits per heavy atom. The van der Waals surface area contributed by atoms with E-state index in [1.165, 1.54) is 6.92 Å². The first-order valence-electron chi connectivity index (χ1n) is 5.47. The van der Waals surface area contributed by atoms with Crippen molar-refractivity contribution in [2.24, 2.45) is 0 Å². The molecule has 0 unspecified atom stereocenters. The molecule has 0 saturated carbocycles. The minimum Gasteiger partial charge on any atom is -0.481 e. The van der Waals surface area contributed by atoms with Crippen LogP contribution >= 0.6 is 11.3 Å². The number of nitrogens with zero attached hydrogens (tertiary/aromatic N) is 1. The lowest BCUT2D eigenvalue weighted by molar-refractivity contribution is -0.138. The summed E-state index contributed by atoms with van der Waals surface area (Å²) in [4.78, 5) is 8.43. The average Bonchev–Trinajstić information content (AvgIpc) is 2.78. The quantitative estimate of drug-likeness (QED) is 0.867. The molecule has 0 saturated heterocycles. The van der Waals surface area contributed by atoms with E-state index < -0.39 is 38.4 Å². The van der Waals surface area contributed by atoms with Gasteiger partial charge in [0.2, 0.25) is 10.0 Å². The fraction of sp³-hybridized carbons (Fsp3) is 0.500. The molecule has 0 amide bonds. The Kier molecular flexibility index (Phi) is 5.16. The Bertz CT molecular complexity index is 580. The van der Waals surface area contributed by atoms with Gasteiger partial charge in [0.15, 0.2) is 0 Å². The number of carboxylic acids is 1. The summed E-state index contributed by atoms with van der Waals surface area (Å²) in [5.41, 5.74) is 0. The molecule has 0 aromatic carbocycles. The number of thiophene rings is 1. The predicted octanol–water partition coefficient (Wildman–Crippen LogP) is 2.25. The molecule has 0 aliphatic carbocycles. The second-order valence-electron chi connectivity index (χ2n) is 3.75. The van der Waals surface area contributed by atoms with Gasteiger partial charge in [-0.1, -0.05) is 6.92 Å². The van der Waals surface area contributed by atoms with Gasteiger partial charge in [0.25, 0.3) is 0 Å². The van der Waals surface area contributed by atoms with Crippen LogP contribution in [0, 0.1) is 0 Å². The monoisotopic (exact) mass is 331 g/mol. The summed E-state index contributed by atoms with van der Waals surface area (Å²) in [6, 6.07) is 0.881. The standard InChI is InChI=1S/C10H12F3NO4S2/c1-2-14(5-3-8(15)16)20(17,18)7-4-6-19-9(7)10(11,12)13/h4,6H,2-3,5H2,1H3,(H,15,16). The number of rotatable bonds is 6. The highest BCUT2D eigenvalue weighted by atomic mass is 32.2. The number of sulfonamides is 1. The van der Waals surface area contributed by atoms with Gasteiger partial charge in [-0.2, -0.15) is 17.5 Å². The molecular weight excluding hydrogens is 319 g/mol. The number of halogens is 3. The van der Waals surface area contributed by atoms with Crippen molar-refractivity contribution < 1.29 is 31.5 Å². The summed E-state index contributed by atoms with van der Waals surface area (Å²) in [6.07, 6.45) is -5.23. The molecule has 0 bridgehead atoms. The first-order chi connectivity index (χ1) is 9.10. The molecule has 0 fully saturated rings. The highest BCUT2D eigenvalue weighted by molar-refractivity contribution is 7.89. The summed E-state index contributed by atoms with van der Waals surface area (Å²) < 4.78 is 63.2. The maximum Gasteiger partial charge on any atom is 0.426 e. The molecule has 5 nitrogen and oxygen atoms in total. The number of hydrogen-bond donors (Lipinski definition) is 1. The van der Waals surface area contributed by atoms with Crippen LogP contribution in [-0.2, 0) is 21.0 Å². The Morgan fingerprint density at radius 2 is 2.05 bits per heavy atom. The highest BCUT2D eigenvalue weighted by Gasteiger charge is 2.40. The molecule has 1 heterocycles. The maximum atomic E-state index is 12.7. The van der Waals surface area contributed by atoms with Crippen LogP contribution in [0.2, 0.25) is 0 Å². The van der Waals surface area contributed by atoms with Crippen LogP contribution in [0.25, 0.3) is 0 Å². The molecular formula is C10H12F3NO4S2. The fourth-order valence-electron chi connectivity index (χ4n) is 1.51. The van der Waals surface area contributed by atoms with Crippen molar-refractivity contribution in [3.05, 3.63) is 16.3 Å². The first-order valence-corrected chi connectivity index (χ1v) is 7.79. The van der Waals surface area contributed by atoms with Gasteiger partial charge in [-0.25, -0.2) is 8.42 Å². The summed E-state index contributed by atoms with van der Waals surface area (Å²) in [6.45, 7) is 0.948. The molecule has 0 radical (unpaired) electrons. The number of carbonyl (C=O) groups is 1. The second kappa shape index (κ2) is 6.10. The summed E-state index contributed by atoms with van der Waals surface area (Å²) in [5.74, 6) is -1.22. The van der Waals surface area contributed by atoms with Crippen molar-refractivity contribution in [3.8, 4) is 0 Å². The average molecular weight is 331 g/mol. The number of aliphatic carboxylic acids is 1. The van der Waals surface area contributed by atoms with E-state index in [0.29, 0.717) is 0 Å². The molecule has 1 rings (SSSR count). The Labute approximate surface area is 117 Å². The third-order valence-electron chi connectivity index (χ3n) is 2.43. The molecule has 1 aromatic rings. The van der Waals surface area contributed by atoms with Crippen molar-refractivity contribution in [3.63, 3.8) is 0 Å². The Morgan fingerprint density at radius 1 is 1.45 bits per heavy atom. The predicted molar refractivity (Wildman–Crippen MR) is 66.0 cm³/mol. The molecule has 0 aliphatic heterocycles. The van der Waals surface area contributed by atoms with Crippen molar-refractivity contribution in [1.82, 2.24) is 4.31 Å². The van der Waals surface area contributed by atoms with E-state index in [-0.39, 0.29) is 24.4 Å².